The number of carboxylic acid groups (broad SMARTS) is 1. The van der Waals surface area contributed by atoms with Crippen molar-refractivity contribution < 1.29 is 9.90 Å². The molecule has 3 aromatic rings. The minimum Gasteiger partial charge on any atom is -0.481 e. The minimum atomic E-state index is -0.773. The topological polar surface area (TPSA) is 94.1 Å². The van der Waals surface area contributed by atoms with E-state index in [4.69, 9.17) is 11.6 Å². The molecule has 0 amide bonds. The van der Waals surface area contributed by atoms with Crippen molar-refractivity contribution in [1.82, 2.24) is 19.9 Å². The number of H-pyrrole nitrogens is 1. The van der Waals surface area contributed by atoms with Gasteiger partial charge in [0.15, 0.2) is 0 Å². The highest BCUT2D eigenvalue weighted by Crippen LogP contribution is 2.32. The number of rotatable bonds is 4. The maximum absolute atomic E-state index is 11.4. The molecule has 0 unspecified atom stereocenters. The number of nitrogens with zero attached hydrogens (tertiary/aromatic N) is 3. The van der Waals surface area contributed by atoms with Crippen molar-refractivity contribution >= 4 is 34.4 Å². The van der Waals surface area contributed by atoms with Gasteiger partial charge >= 0.3 is 5.97 Å². The molecule has 0 spiro atoms. The quantitative estimate of drug-likeness (QED) is 0.639. The van der Waals surface area contributed by atoms with Crippen molar-refractivity contribution in [2.45, 2.75) is 12.5 Å². The van der Waals surface area contributed by atoms with E-state index >= 15 is 0 Å². The van der Waals surface area contributed by atoms with Gasteiger partial charge in [-0.25, -0.2) is 9.97 Å². The minimum absolute atomic E-state index is 0.0400. The Morgan fingerprint density at radius 3 is 3.00 bits per heavy atom. The summed E-state index contributed by atoms with van der Waals surface area (Å²) in [5.74, 6) is -0.726. The lowest BCUT2D eigenvalue weighted by molar-refractivity contribution is -0.143. The van der Waals surface area contributed by atoms with Crippen molar-refractivity contribution in [2.75, 3.05) is 25.5 Å². The standard InChI is InChI=1S/C19H20ClN5O2/c1-25-9-11(18(26)27)6-12(10-25)23-19-22-8-15(20)17(24-19)14-7-21-16-5-3-2-4-13(14)16/h2-5,7-8,11-12,21H,6,9-10H2,1H3,(H,26,27)(H,22,23,24)/t11-,12-/m1/s1. The van der Waals surface area contributed by atoms with Gasteiger partial charge in [0.05, 0.1) is 22.8 Å². The predicted molar refractivity (Wildman–Crippen MR) is 105 cm³/mol. The third kappa shape index (κ3) is 3.61. The molecule has 3 heterocycles. The van der Waals surface area contributed by atoms with Crippen LogP contribution in [-0.4, -0.2) is 57.1 Å². The first kappa shape index (κ1) is 17.8. The molecule has 1 aromatic carbocycles. The number of likely N-dealkylation sites (tertiary alicyclic amines) is 1. The van der Waals surface area contributed by atoms with Crippen LogP contribution in [0.3, 0.4) is 0 Å². The summed E-state index contributed by atoms with van der Waals surface area (Å²) in [5, 5.41) is 14.1. The van der Waals surface area contributed by atoms with Crippen molar-refractivity contribution in [2.24, 2.45) is 5.92 Å². The molecule has 8 heteroatoms. The fourth-order valence-electron chi connectivity index (χ4n) is 3.68. The van der Waals surface area contributed by atoms with Crippen LogP contribution in [0.5, 0.6) is 0 Å². The highest BCUT2D eigenvalue weighted by atomic mass is 35.5. The van der Waals surface area contributed by atoms with Crippen molar-refractivity contribution in [1.29, 1.82) is 0 Å². The van der Waals surface area contributed by atoms with E-state index in [0.717, 1.165) is 23.0 Å². The van der Waals surface area contributed by atoms with Gasteiger partial charge in [0.25, 0.3) is 0 Å². The Balaban J connectivity index is 1.62. The smallest absolute Gasteiger partial charge is 0.307 e. The first-order valence-electron chi connectivity index (χ1n) is 8.78. The fourth-order valence-corrected chi connectivity index (χ4v) is 3.87. The molecule has 1 aliphatic heterocycles. The van der Waals surface area contributed by atoms with Gasteiger partial charge in [0, 0.05) is 41.8 Å². The van der Waals surface area contributed by atoms with E-state index in [1.54, 1.807) is 6.20 Å². The average Bonchev–Trinajstić information content (AvgIpc) is 3.07. The molecule has 0 radical (unpaired) electrons. The molecule has 4 rings (SSSR count). The Bertz CT molecular complexity index is 989. The number of aromatic amines is 1. The number of aromatic nitrogens is 3. The van der Waals surface area contributed by atoms with E-state index in [0.29, 0.717) is 29.6 Å². The highest BCUT2D eigenvalue weighted by Gasteiger charge is 2.30. The second-order valence-electron chi connectivity index (χ2n) is 6.97. The van der Waals surface area contributed by atoms with Gasteiger partial charge in [0.1, 0.15) is 0 Å². The Labute approximate surface area is 161 Å². The number of likely N-dealkylation sites (N-methyl/N-ethyl adjacent to an activating group) is 1. The first-order chi connectivity index (χ1) is 13.0. The lowest BCUT2D eigenvalue weighted by atomic mass is 9.95. The number of hydrogen-bond donors (Lipinski definition) is 3. The zero-order valence-corrected chi connectivity index (χ0v) is 15.6. The normalized spacial score (nSPS) is 20.7. The number of fused-ring (bicyclic) bond motifs is 1. The van der Waals surface area contributed by atoms with Crippen LogP contribution in [0.2, 0.25) is 5.02 Å². The van der Waals surface area contributed by atoms with Gasteiger partial charge in [0.2, 0.25) is 5.95 Å². The predicted octanol–water partition coefficient (Wildman–Crippen LogP) is 3.10. The van der Waals surface area contributed by atoms with Crippen LogP contribution in [0.15, 0.2) is 36.7 Å². The third-order valence-corrected chi connectivity index (χ3v) is 5.18. The number of carboxylic acids is 1. The molecule has 0 bridgehead atoms. The summed E-state index contributed by atoms with van der Waals surface area (Å²) in [4.78, 5) is 25.5. The molecular weight excluding hydrogens is 366 g/mol. The van der Waals surface area contributed by atoms with Gasteiger partial charge < -0.3 is 20.3 Å². The summed E-state index contributed by atoms with van der Waals surface area (Å²) in [6, 6.07) is 7.91. The van der Waals surface area contributed by atoms with Crippen LogP contribution < -0.4 is 5.32 Å². The monoisotopic (exact) mass is 385 g/mol. The lowest BCUT2D eigenvalue weighted by Crippen LogP contribution is -2.46. The van der Waals surface area contributed by atoms with E-state index in [-0.39, 0.29) is 6.04 Å². The number of nitrogens with one attached hydrogen (secondary N) is 2. The van der Waals surface area contributed by atoms with Crippen LogP contribution in [0.4, 0.5) is 5.95 Å². The number of halogens is 1. The molecule has 1 saturated heterocycles. The number of aliphatic carboxylic acids is 1. The van der Waals surface area contributed by atoms with E-state index in [9.17, 15) is 9.90 Å². The SMILES string of the molecule is CN1C[C@H](Nc2ncc(Cl)c(-c3c[nH]c4ccccc34)n2)C[C@@H](C(=O)O)C1. The van der Waals surface area contributed by atoms with Crippen molar-refractivity contribution in [3.05, 3.63) is 41.7 Å². The van der Waals surface area contributed by atoms with Crippen LogP contribution in [0.25, 0.3) is 22.2 Å². The second-order valence-corrected chi connectivity index (χ2v) is 7.38. The zero-order valence-electron chi connectivity index (χ0n) is 14.8. The van der Waals surface area contributed by atoms with Crippen LogP contribution >= 0.6 is 11.6 Å². The molecule has 0 aliphatic carbocycles. The zero-order chi connectivity index (χ0) is 19.0. The lowest BCUT2D eigenvalue weighted by Gasteiger charge is -2.34. The van der Waals surface area contributed by atoms with E-state index in [1.807, 2.05) is 42.4 Å². The summed E-state index contributed by atoms with van der Waals surface area (Å²) in [5.41, 5.74) is 2.56. The van der Waals surface area contributed by atoms with Crippen LogP contribution in [0, 0.1) is 5.92 Å². The largest absolute Gasteiger partial charge is 0.481 e. The number of carbonyl (C=O) groups is 1. The Kier molecular flexibility index (Phi) is 4.72. The van der Waals surface area contributed by atoms with Gasteiger partial charge in [-0.3, -0.25) is 4.79 Å². The number of piperidine rings is 1. The highest BCUT2D eigenvalue weighted by molar-refractivity contribution is 6.33. The van der Waals surface area contributed by atoms with Crippen LogP contribution in [0.1, 0.15) is 6.42 Å². The summed E-state index contributed by atoms with van der Waals surface area (Å²) in [6.45, 7) is 1.29. The van der Waals surface area contributed by atoms with Gasteiger partial charge in [-0.2, -0.15) is 0 Å². The molecule has 2 atom stereocenters. The number of hydrogen-bond acceptors (Lipinski definition) is 5. The second kappa shape index (κ2) is 7.17. The average molecular weight is 386 g/mol. The maximum atomic E-state index is 11.4. The molecule has 27 heavy (non-hydrogen) atoms. The summed E-state index contributed by atoms with van der Waals surface area (Å²) < 4.78 is 0. The Morgan fingerprint density at radius 1 is 1.37 bits per heavy atom. The molecule has 1 aliphatic rings. The van der Waals surface area contributed by atoms with E-state index in [2.05, 4.69) is 20.3 Å². The number of anilines is 1. The number of benzene rings is 1. The Hall–Kier alpha value is -2.64. The third-order valence-electron chi connectivity index (χ3n) is 4.90. The molecule has 1 fully saturated rings. The summed E-state index contributed by atoms with van der Waals surface area (Å²) in [6.07, 6.45) is 4.00. The van der Waals surface area contributed by atoms with Gasteiger partial charge in [-0.1, -0.05) is 29.8 Å². The molecule has 140 valence electrons. The van der Waals surface area contributed by atoms with E-state index in [1.165, 1.54) is 0 Å². The van der Waals surface area contributed by atoms with Crippen molar-refractivity contribution in [3.63, 3.8) is 0 Å². The van der Waals surface area contributed by atoms with Crippen LogP contribution in [-0.2, 0) is 4.79 Å². The molecule has 7 nitrogen and oxygen atoms in total. The van der Waals surface area contributed by atoms with Gasteiger partial charge in [-0.05, 0) is 19.5 Å². The Morgan fingerprint density at radius 2 is 2.19 bits per heavy atom. The first-order valence-corrected chi connectivity index (χ1v) is 9.16. The van der Waals surface area contributed by atoms with E-state index < -0.39 is 11.9 Å². The van der Waals surface area contributed by atoms with Gasteiger partial charge in [-0.15, -0.1) is 0 Å². The summed E-state index contributed by atoms with van der Waals surface area (Å²) in [7, 11) is 1.92. The molecule has 3 N–H and O–H groups in total. The maximum Gasteiger partial charge on any atom is 0.307 e. The summed E-state index contributed by atoms with van der Waals surface area (Å²) >= 11 is 6.37. The molecular formula is C19H20ClN5O2. The molecule has 2 aromatic heterocycles. The fraction of sp³-hybridized carbons (Fsp3) is 0.316. The molecule has 0 saturated carbocycles. The van der Waals surface area contributed by atoms with Crippen molar-refractivity contribution in [3.8, 4) is 11.3 Å². The number of para-hydroxylation sites is 1.